The van der Waals surface area contributed by atoms with Gasteiger partial charge in [0.25, 0.3) is 0 Å². The molecule has 6 nitrogen and oxygen atoms in total. The summed E-state index contributed by atoms with van der Waals surface area (Å²) < 4.78 is 5.12. The van der Waals surface area contributed by atoms with Gasteiger partial charge in [0, 0.05) is 13.0 Å². The smallest absolute Gasteiger partial charge is 0.303 e. The summed E-state index contributed by atoms with van der Waals surface area (Å²) in [5.74, 6) is 0.0513. The van der Waals surface area contributed by atoms with Crippen molar-refractivity contribution < 1.29 is 19.1 Å². The fourth-order valence-electron chi connectivity index (χ4n) is 2.33. The third-order valence-electron chi connectivity index (χ3n) is 3.24. The van der Waals surface area contributed by atoms with Gasteiger partial charge in [0.1, 0.15) is 5.76 Å². The van der Waals surface area contributed by atoms with E-state index in [0.29, 0.717) is 19.6 Å². The lowest BCUT2D eigenvalue weighted by atomic mass is 10.1. The lowest BCUT2D eigenvalue weighted by Gasteiger charge is -2.14. The largest absolute Gasteiger partial charge is 0.481 e. The van der Waals surface area contributed by atoms with Crippen molar-refractivity contribution in [3.05, 3.63) is 24.2 Å². The topological polar surface area (TPSA) is 82.8 Å². The van der Waals surface area contributed by atoms with Gasteiger partial charge in [-0.3, -0.25) is 14.5 Å². The molecule has 2 rings (SSSR count). The molecule has 6 heteroatoms. The quantitative estimate of drug-likeness (QED) is 0.791. The average molecular weight is 266 g/mol. The van der Waals surface area contributed by atoms with Gasteiger partial charge in [-0.1, -0.05) is 0 Å². The van der Waals surface area contributed by atoms with Crippen molar-refractivity contribution in [2.45, 2.75) is 19.4 Å². The molecule has 1 aromatic rings. The molecule has 0 aliphatic carbocycles. The monoisotopic (exact) mass is 266 g/mol. The van der Waals surface area contributed by atoms with Crippen LogP contribution in [0.15, 0.2) is 22.8 Å². The Labute approximate surface area is 111 Å². The Kier molecular flexibility index (Phi) is 4.57. The van der Waals surface area contributed by atoms with Crippen molar-refractivity contribution in [3.63, 3.8) is 0 Å². The summed E-state index contributed by atoms with van der Waals surface area (Å²) >= 11 is 0. The van der Waals surface area contributed by atoms with Gasteiger partial charge in [0.15, 0.2) is 0 Å². The van der Waals surface area contributed by atoms with Gasteiger partial charge in [-0.05, 0) is 31.0 Å². The first-order valence-corrected chi connectivity index (χ1v) is 6.36. The van der Waals surface area contributed by atoms with Crippen LogP contribution in [0.1, 0.15) is 18.6 Å². The second-order valence-corrected chi connectivity index (χ2v) is 4.84. The molecule has 1 atom stereocenters. The van der Waals surface area contributed by atoms with E-state index in [9.17, 15) is 9.59 Å². The Morgan fingerprint density at radius 3 is 3.05 bits per heavy atom. The summed E-state index contributed by atoms with van der Waals surface area (Å²) in [6.45, 7) is 2.17. The summed E-state index contributed by atoms with van der Waals surface area (Å²) in [6, 6.07) is 3.58. The number of rotatable bonds is 6. The van der Waals surface area contributed by atoms with Crippen LogP contribution < -0.4 is 5.32 Å². The van der Waals surface area contributed by atoms with Crippen LogP contribution in [0, 0.1) is 5.92 Å². The van der Waals surface area contributed by atoms with E-state index in [1.807, 2.05) is 4.90 Å². The maximum absolute atomic E-state index is 11.7. The molecule has 0 bridgehead atoms. The number of carboxylic acid groups (broad SMARTS) is 1. The standard InChI is InChI=1S/C13H18N2O4/c16-12(14-7-11-2-1-5-19-11)9-15-4-3-10(8-15)6-13(17)18/h1-2,5,10H,3-4,6-9H2,(H,14,16)(H,17,18). The first-order valence-electron chi connectivity index (χ1n) is 6.36. The molecule has 0 saturated carbocycles. The third kappa shape index (κ3) is 4.40. The summed E-state index contributed by atoms with van der Waals surface area (Å²) in [4.78, 5) is 24.3. The van der Waals surface area contributed by atoms with Crippen LogP contribution >= 0.6 is 0 Å². The van der Waals surface area contributed by atoms with E-state index in [4.69, 9.17) is 9.52 Å². The SMILES string of the molecule is O=C(O)CC1CCN(CC(=O)NCc2ccco2)C1. The number of furan rings is 1. The predicted molar refractivity (Wildman–Crippen MR) is 67.4 cm³/mol. The molecule has 2 N–H and O–H groups in total. The highest BCUT2D eigenvalue weighted by atomic mass is 16.4. The summed E-state index contributed by atoms with van der Waals surface area (Å²) in [7, 11) is 0. The zero-order chi connectivity index (χ0) is 13.7. The molecular formula is C13H18N2O4. The van der Waals surface area contributed by atoms with Crippen molar-refractivity contribution in [3.8, 4) is 0 Å². The molecule has 1 aliphatic heterocycles. The van der Waals surface area contributed by atoms with E-state index in [2.05, 4.69) is 5.32 Å². The van der Waals surface area contributed by atoms with Crippen LogP contribution in [0.4, 0.5) is 0 Å². The Bertz CT molecular complexity index is 430. The maximum atomic E-state index is 11.7. The van der Waals surface area contributed by atoms with Gasteiger partial charge in [0.2, 0.25) is 5.91 Å². The second-order valence-electron chi connectivity index (χ2n) is 4.84. The van der Waals surface area contributed by atoms with E-state index >= 15 is 0 Å². The number of amides is 1. The molecular weight excluding hydrogens is 248 g/mol. The molecule has 1 unspecified atom stereocenters. The average Bonchev–Trinajstić information content (AvgIpc) is 2.97. The highest BCUT2D eigenvalue weighted by molar-refractivity contribution is 5.78. The zero-order valence-electron chi connectivity index (χ0n) is 10.7. The van der Waals surface area contributed by atoms with Gasteiger partial charge in [0.05, 0.1) is 19.4 Å². The van der Waals surface area contributed by atoms with Crippen molar-refractivity contribution in [2.75, 3.05) is 19.6 Å². The third-order valence-corrected chi connectivity index (χ3v) is 3.24. The number of carbonyl (C=O) groups excluding carboxylic acids is 1. The van der Waals surface area contributed by atoms with E-state index in [1.165, 1.54) is 0 Å². The van der Waals surface area contributed by atoms with Gasteiger partial charge in [-0.15, -0.1) is 0 Å². The van der Waals surface area contributed by atoms with Crippen LogP contribution in [0.2, 0.25) is 0 Å². The number of carbonyl (C=O) groups is 2. The minimum atomic E-state index is -0.769. The van der Waals surface area contributed by atoms with Gasteiger partial charge in [-0.25, -0.2) is 0 Å². The number of likely N-dealkylation sites (tertiary alicyclic amines) is 1. The molecule has 2 heterocycles. The molecule has 1 amide bonds. The van der Waals surface area contributed by atoms with Crippen molar-refractivity contribution in [1.82, 2.24) is 10.2 Å². The summed E-state index contributed by atoms with van der Waals surface area (Å²) in [6.07, 6.45) is 2.60. The number of hydrogen-bond acceptors (Lipinski definition) is 4. The first kappa shape index (κ1) is 13.6. The fourth-order valence-corrected chi connectivity index (χ4v) is 2.33. The van der Waals surface area contributed by atoms with E-state index in [1.54, 1.807) is 18.4 Å². The normalized spacial score (nSPS) is 19.5. The lowest BCUT2D eigenvalue weighted by Crippen LogP contribution is -2.35. The Balaban J connectivity index is 1.67. The van der Waals surface area contributed by atoms with E-state index in [-0.39, 0.29) is 18.2 Å². The second kappa shape index (κ2) is 6.38. The zero-order valence-corrected chi connectivity index (χ0v) is 10.7. The number of nitrogens with one attached hydrogen (secondary N) is 1. The van der Waals surface area contributed by atoms with E-state index in [0.717, 1.165) is 18.7 Å². The van der Waals surface area contributed by atoms with Crippen molar-refractivity contribution in [2.24, 2.45) is 5.92 Å². The Hall–Kier alpha value is -1.82. The van der Waals surface area contributed by atoms with Crippen LogP contribution in [0.25, 0.3) is 0 Å². The first-order chi connectivity index (χ1) is 9.13. The number of carboxylic acids is 1. The molecule has 1 saturated heterocycles. The molecule has 104 valence electrons. The fraction of sp³-hybridized carbons (Fsp3) is 0.538. The van der Waals surface area contributed by atoms with Gasteiger partial charge < -0.3 is 14.8 Å². The Morgan fingerprint density at radius 1 is 1.53 bits per heavy atom. The molecule has 0 aromatic carbocycles. The minimum absolute atomic E-state index is 0.0626. The van der Waals surface area contributed by atoms with Crippen molar-refractivity contribution in [1.29, 1.82) is 0 Å². The summed E-state index contributed by atoms with van der Waals surface area (Å²) in [5.41, 5.74) is 0. The van der Waals surface area contributed by atoms with Gasteiger partial charge in [-0.2, -0.15) is 0 Å². The predicted octanol–water partition coefficient (Wildman–Crippen LogP) is 0.692. The molecule has 1 fully saturated rings. The van der Waals surface area contributed by atoms with Gasteiger partial charge >= 0.3 is 5.97 Å². The maximum Gasteiger partial charge on any atom is 0.303 e. The minimum Gasteiger partial charge on any atom is -0.481 e. The number of hydrogen-bond donors (Lipinski definition) is 2. The highest BCUT2D eigenvalue weighted by Gasteiger charge is 2.25. The van der Waals surface area contributed by atoms with Crippen LogP contribution in [0.3, 0.4) is 0 Å². The Morgan fingerprint density at radius 2 is 2.37 bits per heavy atom. The molecule has 1 aromatic heterocycles. The van der Waals surface area contributed by atoms with E-state index < -0.39 is 5.97 Å². The van der Waals surface area contributed by atoms with Crippen LogP contribution in [-0.2, 0) is 16.1 Å². The molecule has 0 radical (unpaired) electrons. The highest BCUT2D eigenvalue weighted by Crippen LogP contribution is 2.18. The molecule has 0 spiro atoms. The summed E-state index contributed by atoms with van der Waals surface area (Å²) in [5, 5.41) is 11.5. The van der Waals surface area contributed by atoms with Crippen molar-refractivity contribution >= 4 is 11.9 Å². The van der Waals surface area contributed by atoms with Crippen LogP contribution in [0.5, 0.6) is 0 Å². The lowest BCUT2D eigenvalue weighted by molar-refractivity contribution is -0.138. The number of nitrogens with zero attached hydrogens (tertiary/aromatic N) is 1. The van der Waals surface area contributed by atoms with Crippen LogP contribution in [-0.4, -0.2) is 41.5 Å². The molecule has 1 aliphatic rings. The molecule has 19 heavy (non-hydrogen) atoms. The number of aliphatic carboxylic acids is 1.